The Balaban J connectivity index is 1.55. The molecule has 21 heavy (non-hydrogen) atoms. The fourth-order valence-electron chi connectivity index (χ4n) is 3.49. The highest BCUT2D eigenvalue weighted by Crippen LogP contribution is 2.31. The molecule has 0 radical (unpaired) electrons. The third-order valence-corrected chi connectivity index (χ3v) is 4.85. The van der Waals surface area contributed by atoms with Gasteiger partial charge in [0.25, 0.3) is 0 Å². The topological polar surface area (TPSA) is 33.1 Å². The van der Waals surface area contributed by atoms with Gasteiger partial charge >= 0.3 is 0 Å². The van der Waals surface area contributed by atoms with E-state index in [2.05, 4.69) is 40.6 Å². The molecule has 0 spiro atoms. The van der Waals surface area contributed by atoms with Crippen molar-refractivity contribution < 1.29 is 0 Å². The molecular weight excluding hydrogens is 260 g/mol. The fraction of sp³-hybridized carbons (Fsp3) is 0.588. The van der Waals surface area contributed by atoms with Crippen molar-refractivity contribution in [3.05, 3.63) is 23.9 Å². The number of nitrogens with one attached hydrogen (secondary N) is 1. The van der Waals surface area contributed by atoms with E-state index < -0.39 is 0 Å². The maximum atomic E-state index is 4.61. The molecule has 1 N–H and O–H groups in total. The molecule has 2 fully saturated rings. The zero-order chi connectivity index (χ0) is 14.4. The number of nitrogens with zero attached hydrogens (tertiary/aromatic N) is 3. The number of anilines is 1. The van der Waals surface area contributed by atoms with Gasteiger partial charge < -0.3 is 10.2 Å². The van der Waals surface area contributed by atoms with Gasteiger partial charge in [0.2, 0.25) is 0 Å². The van der Waals surface area contributed by atoms with Gasteiger partial charge in [-0.25, -0.2) is 0 Å². The summed E-state index contributed by atoms with van der Waals surface area (Å²) in [5, 5.41) is 9.68. The molecule has 1 aliphatic carbocycles. The molecule has 112 valence electrons. The van der Waals surface area contributed by atoms with E-state index in [4.69, 9.17) is 0 Å². The van der Waals surface area contributed by atoms with Crippen LogP contribution in [0.1, 0.15) is 31.2 Å². The lowest BCUT2D eigenvalue weighted by atomic mass is 10.0. The number of benzene rings is 1. The van der Waals surface area contributed by atoms with Crippen molar-refractivity contribution in [2.45, 2.75) is 44.7 Å². The highest BCUT2D eigenvalue weighted by atomic mass is 15.3. The predicted octanol–water partition coefficient (Wildman–Crippen LogP) is 2.60. The standard InChI is InChI=1S/C17H24N4/c1-12-3-6-16(15-11-20(2)19-17(12)15)21-9-7-14(8-10-21)18-13-4-5-13/h3,6,11,13-14,18H,4-5,7-10H2,1-2H3. The van der Waals surface area contributed by atoms with Crippen LogP contribution in [-0.4, -0.2) is 35.0 Å². The summed E-state index contributed by atoms with van der Waals surface area (Å²) in [5.74, 6) is 0. The van der Waals surface area contributed by atoms with Crippen LogP contribution in [0, 0.1) is 6.92 Å². The molecule has 4 nitrogen and oxygen atoms in total. The van der Waals surface area contributed by atoms with Gasteiger partial charge in [0, 0.05) is 49.5 Å². The van der Waals surface area contributed by atoms with Gasteiger partial charge in [0.15, 0.2) is 0 Å². The lowest BCUT2D eigenvalue weighted by Gasteiger charge is -2.34. The van der Waals surface area contributed by atoms with Gasteiger partial charge in [0.1, 0.15) is 0 Å². The molecule has 2 aliphatic rings. The number of hydrogen-bond acceptors (Lipinski definition) is 3. The van der Waals surface area contributed by atoms with Crippen molar-refractivity contribution in [3.8, 4) is 0 Å². The maximum Gasteiger partial charge on any atom is 0.0973 e. The normalized spacial score (nSPS) is 20.4. The van der Waals surface area contributed by atoms with Crippen molar-refractivity contribution in [2.75, 3.05) is 18.0 Å². The molecule has 0 amide bonds. The third kappa shape index (κ3) is 2.53. The van der Waals surface area contributed by atoms with Crippen LogP contribution in [0.5, 0.6) is 0 Å². The molecule has 0 unspecified atom stereocenters. The van der Waals surface area contributed by atoms with Crippen LogP contribution >= 0.6 is 0 Å². The van der Waals surface area contributed by atoms with Gasteiger partial charge in [-0.15, -0.1) is 0 Å². The van der Waals surface area contributed by atoms with Crippen molar-refractivity contribution in [3.63, 3.8) is 0 Å². The fourth-order valence-corrected chi connectivity index (χ4v) is 3.49. The molecule has 4 heteroatoms. The Bertz CT molecular complexity index is 648. The van der Waals surface area contributed by atoms with E-state index in [1.807, 2.05) is 11.7 Å². The van der Waals surface area contributed by atoms with E-state index in [1.54, 1.807) is 0 Å². The summed E-state index contributed by atoms with van der Waals surface area (Å²) in [6, 6.07) is 6.03. The van der Waals surface area contributed by atoms with Crippen molar-refractivity contribution >= 4 is 16.6 Å². The number of rotatable bonds is 3. The molecule has 0 atom stereocenters. The van der Waals surface area contributed by atoms with Crippen LogP contribution in [0.3, 0.4) is 0 Å². The minimum absolute atomic E-state index is 0.726. The molecule has 0 bridgehead atoms. The lowest BCUT2D eigenvalue weighted by Crippen LogP contribution is -2.43. The van der Waals surface area contributed by atoms with E-state index in [-0.39, 0.29) is 0 Å². The zero-order valence-electron chi connectivity index (χ0n) is 13.0. The molecule has 1 aromatic heterocycles. The second-order valence-corrected chi connectivity index (χ2v) is 6.67. The highest BCUT2D eigenvalue weighted by molar-refractivity contribution is 5.93. The zero-order valence-corrected chi connectivity index (χ0v) is 13.0. The largest absolute Gasteiger partial charge is 0.371 e. The van der Waals surface area contributed by atoms with E-state index in [0.29, 0.717) is 0 Å². The minimum atomic E-state index is 0.726. The molecule has 1 saturated heterocycles. The number of piperidine rings is 1. The Labute approximate surface area is 126 Å². The second-order valence-electron chi connectivity index (χ2n) is 6.67. The van der Waals surface area contributed by atoms with Gasteiger partial charge in [-0.3, -0.25) is 4.68 Å². The Morgan fingerprint density at radius 3 is 2.52 bits per heavy atom. The monoisotopic (exact) mass is 284 g/mol. The lowest BCUT2D eigenvalue weighted by molar-refractivity contribution is 0.413. The average Bonchev–Trinajstić information content (AvgIpc) is 3.20. The van der Waals surface area contributed by atoms with E-state index in [0.717, 1.165) is 30.7 Å². The van der Waals surface area contributed by atoms with Gasteiger partial charge in [-0.1, -0.05) is 6.07 Å². The quantitative estimate of drug-likeness (QED) is 0.940. The predicted molar refractivity (Wildman–Crippen MR) is 86.8 cm³/mol. The van der Waals surface area contributed by atoms with Gasteiger partial charge in [-0.05, 0) is 44.2 Å². The first kappa shape index (κ1) is 13.1. The number of aryl methyl sites for hydroxylation is 2. The van der Waals surface area contributed by atoms with Crippen molar-refractivity contribution in [1.82, 2.24) is 15.1 Å². The average molecular weight is 284 g/mol. The van der Waals surface area contributed by atoms with Crippen LogP contribution in [0.15, 0.2) is 18.3 Å². The summed E-state index contributed by atoms with van der Waals surface area (Å²) >= 11 is 0. The molecule has 2 heterocycles. The summed E-state index contributed by atoms with van der Waals surface area (Å²) in [4.78, 5) is 2.54. The van der Waals surface area contributed by atoms with Crippen LogP contribution in [-0.2, 0) is 7.05 Å². The second kappa shape index (κ2) is 5.02. The Hall–Kier alpha value is -1.55. The Morgan fingerprint density at radius 1 is 1.10 bits per heavy atom. The van der Waals surface area contributed by atoms with Crippen LogP contribution in [0.4, 0.5) is 5.69 Å². The minimum Gasteiger partial charge on any atom is -0.371 e. The first-order valence-corrected chi connectivity index (χ1v) is 8.14. The van der Waals surface area contributed by atoms with Gasteiger partial charge in [-0.2, -0.15) is 5.10 Å². The molecule has 2 aromatic rings. The SMILES string of the molecule is Cc1ccc(N2CCC(NC3CC3)CC2)c2cn(C)nc12. The van der Waals surface area contributed by atoms with Crippen molar-refractivity contribution in [2.24, 2.45) is 7.05 Å². The number of aromatic nitrogens is 2. The summed E-state index contributed by atoms with van der Waals surface area (Å²) < 4.78 is 1.93. The maximum absolute atomic E-state index is 4.61. The first-order valence-electron chi connectivity index (χ1n) is 8.14. The molecule has 1 aromatic carbocycles. The summed E-state index contributed by atoms with van der Waals surface area (Å²) in [7, 11) is 2.01. The van der Waals surface area contributed by atoms with E-state index >= 15 is 0 Å². The van der Waals surface area contributed by atoms with Crippen LogP contribution < -0.4 is 10.2 Å². The summed E-state index contributed by atoms with van der Waals surface area (Å²) in [6.45, 7) is 4.44. The first-order chi connectivity index (χ1) is 10.2. The Morgan fingerprint density at radius 2 is 1.81 bits per heavy atom. The van der Waals surface area contributed by atoms with E-state index in [1.165, 1.54) is 42.3 Å². The Kier molecular flexibility index (Phi) is 3.14. The summed E-state index contributed by atoms with van der Waals surface area (Å²) in [6.07, 6.45) is 7.44. The van der Waals surface area contributed by atoms with Gasteiger partial charge in [0.05, 0.1) is 5.52 Å². The van der Waals surface area contributed by atoms with Crippen molar-refractivity contribution in [1.29, 1.82) is 0 Å². The molecular formula is C17H24N4. The summed E-state index contributed by atoms with van der Waals surface area (Å²) in [5.41, 5.74) is 3.77. The van der Waals surface area contributed by atoms with Crippen LogP contribution in [0.25, 0.3) is 10.9 Å². The smallest absolute Gasteiger partial charge is 0.0973 e. The highest BCUT2D eigenvalue weighted by Gasteiger charge is 2.27. The number of fused-ring (bicyclic) bond motifs is 1. The van der Waals surface area contributed by atoms with E-state index in [9.17, 15) is 0 Å². The molecule has 1 aliphatic heterocycles. The molecule has 4 rings (SSSR count). The molecule has 1 saturated carbocycles. The van der Waals surface area contributed by atoms with Crippen LogP contribution in [0.2, 0.25) is 0 Å². The third-order valence-electron chi connectivity index (χ3n) is 4.85. The number of hydrogen-bond donors (Lipinski definition) is 1.